The molecular formula is C10H14N5O4+. The van der Waals surface area contributed by atoms with E-state index in [9.17, 15) is 10.1 Å². The third kappa shape index (κ3) is 4.50. The number of nitrogens with two attached hydrogens (primary N) is 1. The molecule has 9 heteroatoms. The fourth-order valence-corrected chi connectivity index (χ4v) is 1.24. The molecule has 0 saturated heterocycles. The van der Waals surface area contributed by atoms with Crippen LogP contribution in [0.4, 0.5) is 0 Å². The first-order valence-electron chi connectivity index (χ1n) is 5.11. The van der Waals surface area contributed by atoms with Gasteiger partial charge in [-0.1, -0.05) is 5.43 Å². The van der Waals surface area contributed by atoms with Gasteiger partial charge >= 0.3 is 5.96 Å². The molecule has 0 spiro atoms. The number of hydrogen-bond acceptors (Lipinski definition) is 5. The highest BCUT2D eigenvalue weighted by molar-refractivity contribution is 5.78. The number of hydrazine groups is 1. The van der Waals surface area contributed by atoms with Crippen LogP contribution in [-0.2, 0) is 0 Å². The molecule has 0 aliphatic carbocycles. The number of rotatable bonds is 5. The second kappa shape index (κ2) is 6.79. The Kier molecular flexibility index (Phi) is 5.08. The smallest absolute Gasteiger partial charge is 0.319 e. The second-order valence-electron chi connectivity index (χ2n) is 3.25. The van der Waals surface area contributed by atoms with Crippen LogP contribution in [0.1, 0.15) is 5.56 Å². The van der Waals surface area contributed by atoms with Crippen LogP contribution in [0.2, 0.25) is 0 Å². The van der Waals surface area contributed by atoms with Gasteiger partial charge in [0.2, 0.25) is 6.21 Å². The van der Waals surface area contributed by atoms with Gasteiger partial charge in [-0.3, -0.25) is 0 Å². The van der Waals surface area contributed by atoms with E-state index in [4.69, 9.17) is 15.2 Å². The van der Waals surface area contributed by atoms with Crippen molar-refractivity contribution >= 4 is 12.2 Å². The summed E-state index contributed by atoms with van der Waals surface area (Å²) in [5.74, 6) is 0.790. The Morgan fingerprint density at radius 3 is 2.74 bits per heavy atom. The molecule has 0 saturated carbocycles. The number of methoxy groups -OCH3 is 2. The average Bonchev–Trinajstić information content (AvgIpc) is 2.37. The lowest BCUT2D eigenvalue weighted by Gasteiger charge is -2.06. The molecule has 0 atom stereocenters. The molecule has 1 aromatic carbocycles. The van der Waals surface area contributed by atoms with E-state index in [1.54, 1.807) is 23.6 Å². The standard InChI is InChI=1S/C10H13N5O4/c1-18-8-4-3-7(5-9(8)19-2)6-12-13-10(11)14-15(16)17/h3-6H,1-2H3,(H3,11,13,14)/p+1/b12-6-. The molecule has 9 nitrogen and oxygen atoms in total. The quantitative estimate of drug-likeness (QED) is 0.251. The van der Waals surface area contributed by atoms with Gasteiger partial charge in [0.15, 0.2) is 16.5 Å². The minimum absolute atomic E-state index is 0.360. The number of benzene rings is 1. The van der Waals surface area contributed by atoms with Gasteiger partial charge in [-0.15, -0.1) is 5.10 Å². The molecule has 0 aliphatic rings. The highest BCUT2D eigenvalue weighted by atomic mass is 16.7. The van der Waals surface area contributed by atoms with Crippen LogP contribution >= 0.6 is 0 Å². The summed E-state index contributed by atoms with van der Waals surface area (Å²) in [7, 11) is 3.06. The number of guanidine groups is 1. The summed E-state index contributed by atoms with van der Waals surface area (Å²) in [6.07, 6.45) is 1.50. The van der Waals surface area contributed by atoms with Crippen LogP contribution in [-0.4, -0.2) is 31.4 Å². The Morgan fingerprint density at radius 1 is 1.47 bits per heavy atom. The molecule has 4 N–H and O–H groups in total. The van der Waals surface area contributed by atoms with Gasteiger partial charge in [-0.25, -0.2) is 10.1 Å². The molecule has 0 bridgehead atoms. The largest absolute Gasteiger partial charge is 0.493 e. The molecule has 1 rings (SSSR count). The van der Waals surface area contributed by atoms with Gasteiger partial charge in [0, 0.05) is 10.7 Å². The predicted molar refractivity (Wildman–Crippen MR) is 67.4 cm³/mol. The molecule has 0 heterocycles. The third-order valence-corrected chi connectivity index (χ3v) is 2.03. The lowest BCUT2D eigenvalue weighted by Crippen LogP contribution is -2.64. The first-order valence-corrected chi connectivity index (χ1v) is 5.11. The number of hydrogen-bond donors (Lipinski definition) is 3. The molecule has 19 heavy (non-hydrogen) atoms. The fraction of sp³-hybridized carbons (Fsp3) is 0.200. The van der Waals surface area contributed by atoms with Crippen molar-refractivity contribution in [3.63, 3.8) is 0 Å². The number of ether oxygens (including phenoxy) is 2. The first kappa shape index (κ1) is 14.2. The molecule has 0 unspecified atom stereocenters. The van der Waals surface area contributed by atoms with E-state index < -0.39 is 5.03 Å². The summed E-state index contributed by atoms with van der Waals surface area (Å²) >= 11 is 0. The Bertz CT molecular complexity index is 515. The second-order valence-corrected chi connectivity index (χ2v) is 3.25. The minimum Gasteiger partial charge on any atom is -0.493 e. The maximum Gasteiger partial charge on any atom is 0.319 e. The summed E-state index contributed by atoms with van der Waals surface area (Å²) < 4.78 is 10.2. The van der Waals surface area contributed by atoms with Crippen LogP contribution in [0.15, 0.2) is 23.3 Å². The number of nitrogens with zero attached hydrogens (tertiary/aromatic N) is 2. The first-order chi connectivity index (χ1) is 9.06. The van der Waals surface area contributed by atoms with Crippen molar-refractivity contribution < 1.29 is 19.6 Å². The van der Waals surface area contributed by atoms with Crippen LogP contribution in [0, 0.1) is 10.1 Å². The van der Waals surface area contributed by atoms with Crippen LogP contribution in [0.25, 0.3) is 0 Å². The third-order valence-electron chi connectivity index (χ3n) is 2.03. The maximum atomic E-state index is 10.1. The van der Waals surface area contributed by atoms with Crippen molar-refractivity contribution in [2.75, 3.05) is 14.2 Å². The minimum atomic E-state index is -0.809. The molecule has 0 aromatic heterocycles. The van der Waals surface area contributed by atoms with E-state index in [1.807, 2.05) is 0 Å². The maximum absolute atomic E-state index is 10.1. The van der Waals surface area contributed by atoms with Crippen molar-refractivity contribution in [2.45, 2.75) is 0 Å². The number of nitrogens with one attached hydrogen (secondary N) is 2. The Morgan fingerprint density at radius 2 is 2.16 bits per heavy atom. The highest BCUT2D eigenvalue weighted by Crippen LogP contribution is 2.26. The summed E-state index contributed by atoms with van der Waals surface area (Å²) in [6, 6.07) is 5.17. The van der Waals surface area contributed by atoms with E-state index >= 15 is 0 Å². The van der Waals surface area contributed by atoms with Crippen LogP contribution in [0.5, 0.6) is 11.5 Å². The topological polar surface area (TPSA) is 126 Å². The van der Waals surface area contributed by atoms with Crippen LogP contribution in [0.3, 0.4) is 0 Å². The van der Waals surface area contributed by atoms with Crippen molar-refractivity contribution in [3.05, 3.63) is 33.9 Å². The Hall–Kier alpha value is -2.84. The van der Waals surface area contributed by atoms with Gasteiger partial charge in [-0.2, -0.15) is 0 Å². The molecule has 1 aromatic rings. The zero-order chi connectivity index (χ0) is 14.3. The summed E-state index contributed by atoms with van der Waals surface area (Å²) in [5, 5.41) is 15.2. The van der Waals surface area contributed by atoms with Crippen molar-refractivity contribution in [1.29, 1.82) is 0 Å². The van der Waals surface area contributed by atoms with E-state index in [1.165, 1.54) is 20.4 Å². The van der Waals surface area contributed by atoms with Gasteiger partial charge in [0.25, 0.3) is 0 Å². The average molecular weight is 268 g/mol. The molecule has 102 valence electrons. The van der Waals surface area contributed by atoms with Gasteiger partial charge in [-0.05, 0) is 18.2 Å². The molecule has 0 amide bonds. The molecular weight excluding hydrogens is 254 g/mol. The summed E-state index contributed by atoms with van der Waals surface area (Å²) in [6.45, 7) is 0. The van der Waals surface area contributed by atoms with Gasteiger partial charge < -0.3 is 15.2 Å². The van der Waals surface area contributed by atoms with Gasteiger partial charge in [0.05, 0.1) is 14.2 Å². The highest BCUT2D eigenvalue weighted by Gasteiger charge is 2.05. The van der Waals surface area contributed by atoms with Crippen molar-refractivity contribution in [2.24, 2.45) is 10.8 Å². The van der Waals surface area contributed by atoms with Crippen molar-refractivity contribution in [1.82, 2.24) is 5.43 Å². The van der Waals surface area contributed by atoms with Gasteiger partial charge in [0.1, 0.15) is 0 Å². The zero-order valence-electron chi connectivity index (χ0n) is 10.4. The van der Waals surface area contributed by atoms with E-state index in [0.717, 1.165) is 5.56 Å². The zero-order valence-corrected chi connectivity index (χ0v) is 10.4. The number of hydrazone groups is 1. The van der Waals surface area contributed by atoms with E-state index in [2.05, 4.69) is 10.2 Å². The molecule has 0 aliphatic heterocycles. The molecule has 0 fully saturated rings. The van der Waals surface area contributed by atoms with E-state index in [-0.39, 0.29) is 5.96 Å². The summed E-state index contributed by atoms with van der Waals surface area (Å²) in [4.78, 5) is 10.1. The Labute approximate surface area is 108 Å². The summed E-state index contributed by atoms with van der Waals surface area (Å²) in [5.41, 5.74) is 7.63. The number of nitro groups is 1. The van der Waals surface area contributed by atoms with E-state index in [0.29, 0.717) is 11.5 Å². The fourth-order valence-electron chi connectivity index (χ4n) is 1.24. The predicted octanol–water partition coefficient (Wildman–Crippen LogP) is -1.79. The molecule has 0 radical (unpaired) electrons. The lowest BCUT2D eigenvalue weighted by atomic mass is 10.2. The normalized spacial score (nSPS) is 11.4. The van der Waals surface area contributed by atoms with Crippen LogP contribution < -0.4 is 25.7 Å². The SMILES string of the molecule is COc1ccc(/C=[NH+]\N=C(N)N[N+](=O)[O-])cc1OC. The Balaban J connectivity index is 2.79. The lowest BCUT2D eigenvalue weighted by molar-refractivity contribution is -0.528. The van der Waals surface area contributed by atoms with Crippen molar-refractivity contribution in [3.8, 4) is 11.5 Å². The monoisotopic (exact) mass is 268 g/mol.